The summed E-state index contributed by atoms with van der Waals surface area (Å²) in [5.41, 5.74) is 10.8. The van der Waals surface area contributed by atoms with Gasteiger partial charge in [0.2, 0.25) is 0 Å². The maximum absolute atomic E-state index is 13.0. The van der Waals surface area contributed by atoms with E-state index >= 15 is 0 Å². The molecule has 0 bridgehead atoms. The van der Waals surface area contributed by atoms with Crippen molar-refractivity contribution < 1.29 is 9.15 Å². The van der Waals surface area contributed by atoms with E-state index in [1.165, 1.54) is 0 Å². The van der Waals surface area contributed by atoms with E-state index in [1.807, 2.05) is 30.7 Å². The fraction of sp³-hybridized carbons (Fsp3) is 0.368. The SMILES string of the molecule is Cc1cc([C@@H](C)N)c2oc(-c3cnn4c3COCC4)c(C)c(=O)c2c1. The van der Waals surface area contributed by atoms with Gasteiger partial charge in [-0.25, -0.2) is 0 Å². The van der Waals surface area contributed by atoms with Gasteiger partial charge in [0.25, 0.3) is 0 Å². The number of hydrogen-bond donors (Lipinski definition) is 1. The highest BCUT2D eigenvalue weighted by Gasteiger charge is 2.23. The molecule has 0 fully saturated rings. The summed E-state index contributed by atoms with van der Waals surface area (Å²) in [5, 5.41) is 4.98. The molecule has 130 valence electrons. The lowest BCUT2D eigenvalue weighted by molar-refractivity contribution is 0.0803. The Bertz CT molecular complexity index is 1030. The molecule has 3 heterocycles. The normalized spacial score (nSPS) is 15.4. The Balaban J connectivity index is 2.04. The van der Waals surface area contributed by atoms with E-state index in [2.05, 4.69) is 5.10 Å². The second-order valence-electron chi connectivity index (χ2n) is 6.69. The topological polar surface area (TPSA) is 83.3 Å². The molecule has 0 aliphatic carbocycles. The minimum absolute atomic E-state index is 0.0291. The first-order valence-electron chi connectivity index (χ1n) is 8.43. The molecule has 0 unspecified atom stereocenters. The summed E-state index contributed by atoms with van der Waals surface area (Å²) < 4.78 is 13.7. The van der Waals surface area contributed by atoms with Gasteiger partial charge in [-0.15, -0.1) is 0 Å². The summed E-state index contributed by atoms with van der Waals surface area (Å²) >= 11 is 0. The summed E-state index contributed by atoms with van der Waals surface area (Å²) in [7, 11) is 0. The first-order valence-corrected chi connectivity index (χ1v) is 8.43. The lowest BCUT2D eigenvalue weighted by Crippen LogP contribution is -2.18. The molecule has 3 aromatic rings. The predicted octanol–water partition coefficient (Wildman–Crippen LogP) is 2.82. The molecule has 0 amide bonds. The van der Waals surface area contributed by atoms with E-state index in [1.54, 1.807) is 13.1 Å². The minimum Gasteiger partial charge on any atom is -0.455 e. The van der Waals surface area contributed by atoms with Crippen molar-refractivity contribution in [1.29, 1.82) is 0 Å². The van der Waals surface area contributed by atoms with Crippen LogP contribution in [0.3, 0.4) is 0 Å². The van der Waals surface area contributed by atoms with Crippen LogP contribution in [0, 0.1) is 13.8 Å². The molecule has 4 rings (SSSR count). The largest absolute Gasteiger partial charge is 0.455 e. The molecular formula is C19H21N3O3. The smallest absolute Gasteiger partial charge is 0.196 e. The van der Waals surface area contributed by atoms with Crippen molar-refractivity contribution in [1.82, 2.24) is 9.78 Å². The number of nitrogens with two attached hydrogens (primary N) is 1. The molecule has 1 atom stereocenters. The molecule has 0 spiro atoms. The summed E-state index contributed by atoms with van der Waals surface area (Å²) in [6, 6.07) is 3.61. The minimum atomic E-state index is -0.231. The van der Waals surface area contributed by atoms with Gasteiger partial charge in [0.05, 0.1) is 42.6 Å². The van der Waals surface area contributed by atoms with E-state index < -0.39 is 0 Å². The van der Waals surface area contributed by atoms with Crippen molar-refractivity contribution in [2.45, 2.75) is 40.0 Å². The van der Waals surface area contributed by atoms with Gasteiger partial charge in [-0.1, -0.05) is 6.07 Å². The Morgan fingerprint density at radius 3 is 2.88 bits per heavy atom. The van der Waals surface area contributed by atoms with Crippen LogP contribution in [0.5, 0.6) is 0 Å². The summed E-state index contributed by atoms with van der Waals surface area (Å²) in [6.07, 6.45) is 1.75. The van der Waals surface area contributed by atoms with Crippen molar-refractivity contribution in [2.24, 2.45) is 5.73 Å². The van der Waals surface area contributed by atoms with Gasteiger partial charge in [0, 0.05) is 17.2 Å². The first kappa shape index (κ1) is 16.1. The Morgan fingerprint density at radius 2 is 2.12 bits per heavy atom. The van der Waals surface area contributed by atoms with Crippen LogP contribution in [0.15, 0.2) is 27.5 Å². The van der Waals surface area contributed by atoms with E-state index in [0.717, 1.165) is 22.4 Å². The Labute approximate surface area is 145 Å². The third kappa shape index (κ3) is 2.49. The van der Waals surface area contributed by atoms with Gasteiger partial charge < -0.3 is 14.9 Å². The van der Waals surface area contributed by atoms with Gasteiger partial charge in [0.1, 0.15) is 11.3 Å². The van der Waals surface area contributed by atoms with E-state index in [0.29, 0.717) is 42.1 Å². The van der Waals surface area contributed by atoms with Crippen LogP contribution in [0.2, 0.25) is 0 Å². The van der Waals surface area contributed by atoms with Crippen molar-refractivity contribution in [3.05, 3.63) is 50.9 Å². The Hall–Kier alpha value is -2.44. The predicted molar refractivity (Wildman–Crippen MR) is 95.4 cm³/mol. The first-order chi connectivity index (χ1) is 12.0. The van der Waals surface area contributed by atoms with Crippen LogP contribution >= 0.6 is 0 Å². The average Bonchev–Trinajstić information content (AvgIpc) is 3.01. The fourth-order valence-electron chi connectivity index (χ4n) is 3.43. The number of fused-ring (bicyclic) bond motifs is 2. The molecule has 2 N–H and O–H groups in total. The van der Waals surface area contributed by atoms with Crippen LogP contribution < -0.4 is 11.2 Å². The van der Waals surface area contributed by atoms with Crippen molar-refractivity contribution in [3.63, 3.8) is 0 Å². The number of aromatic nitrogens is 2. The van der Waals surface area contributed by atoms with Crippen molar-refractivity contribution in [3.8, 4) is 11.3 Å². The zero-order valence-corrected chi connectivity index (χ0v) is 14.6. The molecule has 2 aromatic heterocycles. The van der Waals surface area contributed by atoms with Crippen molar-refractivity contribution in [2.75, 3.05) is 6.61 Å². The molecule has 0 saturated heterocycles. The highest BCUT2D eigenvalue weighted by molar-refractivity contribution is 5.84. The molecule has 0 saturated carbocycles. The molecule has 25 heavy (non-hydrogen) atoms. The lowest BCUT2D eigenvalue weighted by Gasteiger charge is -2.17. The number of rotatable bonds is 2. The molecule has 6 heteroatoms. The van der Waals surface area contributed by atoms with E-state index in [-0.39, 0.29) is 11.5 Å². The Kier molecular flexibility index (Phi) is 3.74. The summed E-state index contributed by atoms with van der Waals surface area (Å²) in [6.45, 7) is 7.45. The van der Waals surface area contributed by atoms with E-state index in [9.17, 15) is 4.79 Å². The zero-order chi connectivity index (χ0) is 17.7. The number of ether oxygens (including phenoxy) is 1. The maximum atomic E-state index is 13.0. The van der Waals surface area contributed by atoms with Crippen LogP contribution in [-0.4, -0.2) is 16.4 Å². The monoisotopic (exact) mass is 339 g/mol. The number of nitrogens with zero attached hydrogens (tertiary/aromatic N) is 2. The molecular weight excluding hydrogens is 318 g/mol. The number of benzene rings is 1. The summed E-state index contributed by atoms with van der Waals surface area (Å²) in [5.74, 6) is 0.551. The highest BCUT2D eigenvalue weighted by atomic mass is 16.5. The maximum Gasteiger partial charge on any atom is 0.196 e. The van der Waals surface area contributed by atoms with Crippen LogP contribution in [0.4, 0.5) is 0 Å². The second kappa shape index (κ2) is 5.82. The van der Waals surface area contributed by atoms with Gasteiger partial charge in [0.15, 0.2) is 5.43 Å². The van der Waals surface area contributed by atoms with Crippen LogP contribution in [0.1, 0.15) is 35.3 Å². The summed E-state index contributed by atoms with van der Waals surface area (Å²) in [4.78, 5) is 13.0. The number of aryl methyl sites for hydroxylation is 1. The third-order valence-electron chi connectivity index (χ3n) is 4.76. The Morgan fingerprint density at radius 1 is 1.32 bits per heavy atom. The molecule has 0 radical (unpaired) electrons. The zero-order valence-electron chi connectivity index (χ0n) is 14.6. The quantitative estimate of drug-likeness (QED) is 0.776. The highest BCUT2D eigenvalue weighted by Crippen LogP contribution is 2.32. The van der Waals surface area contributed by atoms with Crippen molar-refractivity contribution >= 4 is 11.0 Å². The lowest BCUT2D eigenvalue weighted by atomic mass is 9.99. The second-order valence-corrected chi connectivity index (χ2v) is 6.69. The van der Waals surface area contributed by atoms with Gasteiger partial charge in [-0.05, 0) is 32.4 Å². The molecule has 1 aliphatic heterocycles. The standard InChI is InChI=1S/C19H21N3O3/c1-10-6-13(12(3)20)19-14(7-10)17(23)11(2)18(25-19)15-8-21-22-4-5-24-9-16(15)22/h6-8,12H,4-5,9,20H2,1-3H3/t12-/m1/s1. The van der Waals surface area contributed by atoms with E-state index in [4.69, 9.17) is 14.9 Å². The van der Waals surface area contributed by atoms with Gasteiger partial charge >= 0.3 is 0 Å². The van der Waals surface area contributed by atoms with Gasteiger partial charge in [-0.3, -0.25) is 9.48 Å². The van der Waals surface area contributed by atoms with Gasteiger partial charge in [-0.2, -0.15) is 5.10 Å². The average molecular weight is 339 g/mol. The third-order valence-corrected chi connectivity index (χ3v) is 4.76. The van der Waals surface area contributed by atoms with Crippen LogP contribution in [0.25, 0.3) is 22.3 Å². The van der Waals surface area contributed by atoms with Crippen LogP contribution in [-0.2, 0) is 17.9 Å². The fourth-order valence-corrected chi connectivity index (χ4v) is 3.43. The molecule has 6 nitrogen and oxygen atoms in total. The number of hydrogen-bond acceptors (Lipinski definition) is 5. The molecule has 1 aromatic carbocycles. The molecule has 1 aliphatic rings.